The van der Waals surface area contributed by atoms with Crippen molar-refractivity contribution in [3.05, 3.63) is 59.7 Å². The first-order valence-corrected chi connectivity index (χ1v) is 7.15. The van der Waals surface area contributed by atoms with E-state index in [0.29, 0.717) is 17.5 Å². The van der Waals surface area contributed by atoms with Crippen molar-refractivity contribution in [1.29, 1.82) is 0 Å². The van der Waals surface area contributed by atoms with Gasteiger partial charge in [-0.15, -0.1) is 10.2 Å². The Balaban J connectivity index is 1.48. The lowest BCUT2D eigenvalue weighted by Gasteiger charge is -2.24. The summed E-state index contributed by atoms with van der Waals surface area (Å²) in [5, 5.41) is 8.17. The molecule has 0 fully saturated rings. The Hall–Kier alpha value is -2.40. The predicted octanol–water partition coefficient (Wildman–Crippen LogP) is 1.47. The van der Waals surface area contributed by atoms with Crippen LogP contribution < -0.4 is 4.90 Å². The van der Waals surface area contributed by atoms with Crippen molar-refractivity contribution < 1.29 is 13.7 Å². The zero-order chi connectivity index (χ0) is 14.1. The fourth-order valence-electron chi connectivity index (χ4n) is 2.83. The molecule has 1 atom stereocenters. The van der Waals surface area contributed by atoms with E-state index in [0.717, 1.165) is 26.1 Å². The van der Waals surface area contributed by atoms with Gasteiger partial charge in [0, 0.05) is 12.0 Å². The molecule has 2 aromatic heterocycles. The second kappa shape index (κ2) is 5.18. The fraction of sp³-hybridized carbons (Fsp3) is 0.250. The van der Waals surface area contributed by atoms with Gasteiger partial charge in [-0.25, -0.2) is 0 Å². The molecule has 3 aromatic rings. The van der Waals surface area contributed by atoms with Crippen LogP contribution in [0.3, 0.4) is 0 Å². The van der Waals surface area contributed by atoms with Gasteiger partial charge in [0.15, 0.2) is 12.3 Å². The molecule has 0 bridgehead atoms. The molecule has 5 heteroatoms. The Labute approximate surface area is 122 Å². The number of hydrogen-bond acceptors (Lipinski definition) is 4. The SMILES string of the molecule is c1coc(-c2nnc(C[NH+]3CCc4ccccc4C3)o2)c1. The summed E-state index contributed by atoms with van der Waals surface area (Å²) in [4.78, 5) is 1.45. The van der Waals surface area contributed by atoms with Crippen LogP contribution in [0.4, 0.5) is 0 Å². The minimum atomic E-state index is 0.451. The lowest BCUT2D eigenvalue weighted by molar-refractivity contribution is -0.930. The maximum atomic E-state index is 5.68. The summed E-state index contributed by atoms with van der Waals surface area (Å²) in [7, 11) is 0. The van der Waals surface area contributed by atoms with Gasteiger partial charge in [-0.05, 0) is 17.7 Å². The van der Waals surface area contributed by atoms with Crippen LogP contribution in [0.5, 0.6) is 0 Å². The maximum Gasteiger partial charge on any atom is 0.283 e. The average molecular weight is 282 g/mol. The van der Waals surface area contributed by atoms with E-state index in [-0.39, 0.29) is 0 Å². The molecule has 1 N–H and O–H groups in total. The summed E-state index contributed by atoms with van der Waals surface area (Å²) in [5.41, 5.74) is 2.88. The summed E-state index contributed by atoms with van der Waals surface area (Å²) >= 11 is 0. The van der Waals surface area contributed by atoms with Gasteiger partial charge >= 0.3 is 0 Å². The zero-order valence-electron chi connectivity index (χ0n) is 11.6. The molecular formula is C16H16N3O2+. The van der Waals surface area contributed by atoms with E-state index in [1.807, 2.05) is 12.1 Å². The Morgan fingerprint density at radius 1 is 1.05 bits per heavy atom. The smallest absolute Gasteiger partial charge is 0.283 e. The van der Waals surface area contributed by atoms with E-state index in [1.165, 1.54) is 16.0 Å². The van der Waals surface area contributed by atoms with Crippen molar-refractivity contribution in [1.82, 2.24) is 10.2 Å². The molecule has 1 aliphatic rings. The molecular weight excluding hydrogens is 266 g/mol. The van der Waals surface area contributed by atoms with Gasteiger partial charge in [0.1, 0.15) is 6.54 Å². The largest absolute Gasteiger partial charge is 0.459 e. The van der Waals surface area contributed by atoms with E-state index in [2.05, 4.69) is 34.5 Å². The Morgan fingerprint density at radius 2 is 1.95 bits per heavy atom. The number of hydrogen-bond donors (Lipinski definition) is 1. The molecule has 0 amide bonds. The van der Waals surface area contributed by atoms with Crippen LogP contribution in [0.2, 0.25) is 0 Å². The summed E-state index contributed by atoms with van der Waals surface area (Å²) in [6.07, 6.45) is 2.71. The Morgan fingerprint density at radius 3 is 2.81 bits per heavy atom. The highest BCUT2D eigenvalue weighted by atomic mass is 16.4. The van der Waals surface area contributed by atoms with Crippen molar-refractivity contribution in [2.75, 3.05) is 6.54 Å². The summed E-state index contributed by atoms with van der Waals surface area (Å²) < 4.78 is 10.9. The molecule has 106 valence electrons. The Kier molecular flexibility index (Phi) is 3.05. The third-order valence-corrected chi connectivity index (χ3v) is 3.91. The van der Waals surface area contributed by atoms with Crippen LogP contribution in [-0.4, -0.2) is 16.7 Å². The van der Waals surface area contributed by atoms with Gasteiger partial charge in [0.05, 0.1) is 12.8 Å². The van der Waals surface area contributed by atoms with Crippen LogP contribution >= 0.6 is 0 Å². The molecule has 0 aliphatic carbocycles. The molecule has 0 saturated heterocycles. The van der Waals surface area contributed by atoms with Crippen molar-refractivity contribution in [2.45, 2.75) is 19.5 Å². The van der Waals surface area contributed by atoms with E-state index in [1.54, 1.807) is 6.26 Å². The topological polar surface area (TPSA) is 56.5 Å². The van der Waals surface area contributed by atoms with Crippen LogP contribution in [0.15, 0.2) is 51.5 Å². The summed E-state index contributed by atoms with van der Waals surface area (Å²) in [6, 6.07) is 12.3. The third-order valence-electron chi connectivity index (χ3n) is 3.91. The molecule has 1 aromatic carbocycles. The van der Waals surface area contributed by atoms with Gasteiger partial charge in [0.2, 0.25) is 0 Å². The third kappa shape index (κ3) is 2.48. The van der Waals surface area contributed by atoms with Crippen LogP contribution in [-0.2, 0) is 19.5 Å². The molecule has 1 unspecified atom stereocenters. The molecule has 0 spiro atoms. The van der Waals surface area contributed by atoms with E-state index >= 15 is 0 Å². The minimum absolute atomic E-state index is 0.451. The van der Waals surface area contributed by atoms with Gasteiger partial charge in [-0.2, -0.15) is 0 Å². The predicted molar refractivity (Wildman–Crippen MR) is 75.4 cm³/mol. The fourth-order valence-corrected chi connectivity index (χ4v) is 2.83. The number of nitrogens with one attached hydrogen (secondary N) is 1. The molecule has 0 radical (unpaired) electrons. The van der Waals surface area contributed by atoms with E-state index < -0.39 is 0 Å². The zero-order valence-corrected chi connectivity index (χ0v) is 11.6. The second-order valence-electron chi connectivity index (χ2n) is 5.35. The normalized spacial score (nSPS) is 17.6. The van der Waals surface area contributed by atoms with Crippen LogP contribution in [0, 0.1) is 0 Å². The molecule has 4 rings (SSSR count). The van der Waals surface area contributed by atoms with Gasteiger partial charge in [-0.3, -0.25) is 0 Å². The van der Waals surface area contributed by atoms with Gasteiger partial charge in [-0.1, -0.05) is 24.3 Å². The van der Waals surface area contributed by atoms with Gasteiger partial charge in [0.25, 0.3) is 11.8 Å². The number of rotatable bonds is 3. The first-order valence-electron chi connectivity index (χ1n) is 7.15. The number of fused-ring (bicyclic) bond motifs is 1. The molecule has 21 heavy (non-hydrogen) atoms. The van der Waals surface area contributed by atoms with Gasteiger partial charge < -0.3 is 13.7 Å². The first kappa shape index (κ1) is 12.3. The number of benzene rings is 1. The Bertz CT molecular complexity index is 734. The number of furan rings is 1. The number of aromatic nitrogens is 2. The lowest BCUT2D eigenvalue weighted by Crippen LogP contribution is -3.10. The maximum absolute atomic E-state index is 5.68. The highest BCUT2D eigenvalue weighted by Crippen LogP contribution is 2.17. The molecule has 0 saturated carbocycles. The summed E-state index contributed by atoms with van der Waals surface area (Å²) in [5.74, 6) is 1.73. The summed E-state index contributed by atoms with van der Waals surface area (Å²) in [6.45, 7) is 2.85. The van der Waals surface area contributed by atoms with Crippen LogP contribution in [0.1, 0.15) is 17.0 Å². The standard InChI is InChI=1S/C16H15N3O2/c1-2-5-13-10-19(8-7-12(13)4-1)11-15-17-18-16(21-15)14-6-3-9-20-14/h1-6,9H,7-8,10-11H2/p+1. The minimum Gasteiger partial charge on any atom is -0.459 e. The van der Waals surface area contributed by atoms with Crippen molar-refractivity contribution in [2.24, 2.45) is 0 Å². The quantitative estimate of drug-likeness (QED) is 0.790. The number of quaternary nitrogens is 1. The van der Waals surface area contributed by atoms with Crippen LogP contribution in [0.25, 0.3) is 11.7 Å². The molecule has 1 aliphatic heterocycles. The lowest BCUT2D eigenvalue weighted by atomic mass is 10.00. The van der Waals surface area contributed by atoms with E-state index in [4.69, 9.17) is 8.83 Å². The van der Waals surface area contributed by atoms with Crippen molar-refractivity contribution in [3.8, 4) is 11.7 Å². The second-order valence-corrected chi connectivity index (χ2v) is 5.35. The first-order chi connectivity index (χ1) is 10.4. The highest BCUT2D eigenvalue weighted by molar-refractivity contribution is 5.42. The molecule has 3 heterocycles. The van der Waals surface area contributed by atoms with Crippen molar-refractivity contribution >= 4 is 0 Å². The molecule has 5 nitrogen and oxygen atoms in total. The van der Waals surface area contributed by atoms with Crippen molar-refractivity contribution in [3.63, 3.8) is 0 Å². The van der Waals surface area contributed by atoms with E-state index in [9.17, 15) is 0 Å². The monoisotopic (exact) mass is 282 g/mol. The number of nitrogens with zero attached hydrogens (tertiary/aromatic N) is 2. The average Bonchev–Trinajstić information content (AvgIpc) is 3.18. The highest BCUT2D eigenvalue weighted by Gasteiger charge is 2.22.